The van der Waals surface area contributed by atoms with E-state index in [1.807, 2.05) is 0 Å². The minimum atomic E-state index is -0.462. The Morgan fingerprint density at radius 2 is 1.80 bits per heavy atom. The number of ether oxygens (including phenoxy) is 1. The summed E-state index contributed by atoms with van der Waals surface area (Å²) in [5.74, 6) is 1.40. The van der Waals surface area contributed by atoms with Crippen molar-refractivity contribution in [1.82, 2.24) is 0 Å². The van der Waals surface area contributed by atoms with Gasteiger partial charge in [0.1, 0.15) is 0 Å². The standard InChI is InChI=1S/C13H24O2/c14-13(12-8-9-12)15-10-4-7-11-5-2-1-3-6-11/h11-14H,1-10H2. The van der Waals surface area contributed by atoms with Gasteiger partial charge in [0, 0.05) is 12.5 Å². The third-order valence-corrected chi connectivity index (χ3v) is 3.80. The van der Waals surface area contributed by atoms with E-state index in [0.29, 0.717) is 5.92 Å². The molecule has 0 aromatic heterocycles. The molecular weight excluding hydrogens is 188 g/mol. The predicted octanol–water partition coefficient (Wildman–Crippen LogP) is 3.09. The molecule has 2 saturated carbocycles. The van der Waals surface area contributed by atoms with E-state index in [2.05, 4.69) is 0 Å². The largest absolute Gasteiger partial charge is 0.368 e. The van der Waals surface area contributed by atoms with Gasteiger partial charge in [-0.25, -0.2) is 0 Å². The van der Waals surface area contributed by atoms with Crippen LogP contribution in [0.3, 0.4) is 0 Å². The Labute approximate surface area is 93.0 Å². The van der Waals surface area contributed by atoms with Crippen LogP contribution in [0.1, 0.15) is 57.8 Å². The van der Waals surface area contributed by atoms with Gasteiger partial charge in [-0.1, -0.05) is 32.1 Å². The fourth-order valence-corrected chi connectivity index (χ4v) is 2.57. The molecule has 0 heterocycles. The molecule has 0 aliphatic heterocycles. The van der Waals surface area contributed by atoms with E-state index in [4.69, 9.17) is 4.74 Å². The van der Waals surface area contributed by atoms with Gasteiger partial charge in [-0.3, -0.25) is 0 Å². The maximum absolute atomic E-state index is 9.50. The first kappa shape index (κ1) is 11.4. The zero-order valence-corrected chi connectivity index (χ0v) is 9.66. The average molecular weight is 212 g/mol. The summed E-state index contributed by atoms with van der Waals surface area (Å²) in [6.07, 6.45) is 11.4. The van der Waals surface area contributed by atoms with Gasteiger partial charge in [0.05, 0.1) is 0 Å². The van der Waals surface area contributed by atoms with Crippen molar-refractivity contribution in [2.45, 2.75) is 64.1 Å². The molecule has 0 radical (unpaired) electrons. The molecule has 88 valence electrons. The van der Waals surface area contributed by atoms with Crippen LogP contribution in [0.2, 0.25) is 0 Å². The number of hydrogen-bond acceptors (Lipinski definition) is 2. The molecule has 1 unspecified atom stereocenters. The molecule has 2 nitrogen and oxygen atoms in total. The van der Waals surface area contributed by atoms with Crippen molar-refractivity contribution in [3.8, 4) is 0 Å². The summed E-state index contributed by atoms with van der Waals surface area (Å²) < 4.78 is 5.41. The molecular formula is C13H24O2. The SMILES string of the molecule is OC(OCCCC1CCCCC1)C1CC1. The summed E-state index contributed by atoms with van der Waals surface area (Å²) in [7, 11) is 0. The van der Waals surface area contributed by atoms with E-state index in [-0.39, 0.29) is 0 Å². The number of rotatable bonds is 6. The lowest BCUT2D eigenvalue weighted by molar-refractivity contribution is -0.114. The first-order valence-corrected chi connectivity index (χ1v) is 6.66. The molecule has 0 saturated heterocycles. The molecule has 2 aliphatic carbocycles. The van der Waals surface area contributed by atoms with Crippen molar-refractivity contribution in [2.75, 3.05) is 6.61 Å². The van der Waals surface area contributed by atoms with Gasteiger partial charge < -0.3 is 9.84 Å². The summed E-state index contributed by atoms with van der Waals surface area (Å²) in [5.41, 5.74) is 0. The van der Waals surface area contributed by atoms with Crippen LogP contribution in [0.4, 0.5) is 0 Å². The van der Waals surface area contributed by atoms with Crippen molar-refractivity contribution in [3.05, 3.63) is 0 Å². The molecule has 2 fully saturated rings. The monoisotopic (exact) mass is 212 g/mol. The van der Waals surface area contributed by atoms with Crippen LogP contribution in [0.5, 0.6) is 0 Å². The Morgan fingerprint density at radius 3 is 2.47 bits per heavy atom. The van der Waals surface area contributed by atoms with E-state index in [9.17, 15) is 5.11 Å². The van der Waals surface area contributed by atoms with Gasteiger partial charge >= 0.3 is 0 Å². The van der Waals surface area contributed by atoms with E-state index < -0.39 is 6.29 Å². The highest BCUT2D eigenvalue weighted by Crippen LogP contribution is 2.33. The number of aliphatic hydroxyl groups is 1. The van der Waals surface area contributed by atoms with Crippen LogP contribution in [-0.2, 0) is 4.74 Å². The van der Waals surface area contributed by atoms with E-state index in [1.165, 1.54) is 38.5 Å². The molecule has 0 bridgehead atoms. The number of aliphatic hydroxyl groups excluding tert-OH is 1. The first-order chi connectivity index (χ1) is 7.36. The highest BCUT2D eigenvalue weighted by Gasteiger charge is 2.30. The maximum Gasteiger partial charge on any atom is 0.157 e. The normalized spacial score (nSPS) is 25.4. The lowest BCUT2D eigenvalue weighted by atomic mass is 9.86. The third-order valence-electron chi connectivity index (χ3n) is 3.80. The van der Waals surface area contributed by atoms with Crippen LogP contribution in [0, 0.1) is 11.8 Å². The predicted molar refractivity (Wildman–Crippen MR) is 60.5 cm³/mol. The van der Waals surface area contributed by atoms with Gasteiger partial charge in [-0.05, 0) is 31.6 Å². The lowest BCUT2D eigenvalue weighted by Crippen LogP contribution is -2.15. The van der Waals surface area contributed by atoms with Crippen molar-refractivity contribution >= 4 is 0 Å². The smallest absolute Gasteiger partial charge is 0.157 e. The molecule has 2 heteroatoms. The highest BCUT2D eigenvalue weighted by molar-refractivity contribution is 4.75. The number of hydrogen-bond donors (Lipinski definition) is 1. The summed E-state index contributed by atoms with van der Waals surface area (Å²) in [6.45, 7) is 0.758. The second kappa shape index (κ2) is 5.86. The topological polar surface area (TPSA) is 29.5 Å². The van der Waals surface area contributed by atoms with Crippen molar-refractivity contribution < 1.29 is 9.84 Å². The second-order valence-corrected chi connectivity index (χ2v) is 5.25. The summed E-state index contributed by atoms with van der Waals surface area (Å²) >= 11 is 0. The molecule has 2 aliphatic rings. The Kier molecular flexibility index (Phi) is 4.45. The van der Waals surface area contributed by atoms with Crippen molar-refractivity contribution in [3.63, 3.8) is 0 Å². The van der Waals surface area contributed by atoms with Gasteiger partial charge in [0.25, 0.3) is 0 Å². The first-order valence-electron chi connectivity index (χ1n) is 6.66. The van der Waals surface area contributed by atoms with E-state index >= 15 is 0 Å². The van der Waals surface area contributed by atoms with Gasteiger partial charge in [0.15, 0.2) is 6.29 Å². The molecule has 1 atom stereocenters. The molecule has 2 rings (SSSR count). The molecule has 15 heavy (non-hydrogen) atoms. The van der Waals surface area contributed by atoms with Crippen LogP contribution >= 0.6 is 0 Å². The quantitative estimate of drug-likeness (QED) is 0.541. The Balaban J connectivity index is 1.46. The second-order valence-electron chi connectivity index (χ2n) is 5.25. The summed E-state index contributed by atoms with van der Waals surface area (Å²) in [5, 5.41) is 9.50. The van der Waals surface area contributed by atoms with E-state index in [1.54, 1.807) is 0 Å². The molecule has 1 N–H and O–H groups in total. The van der Waals surface area contributed by atoms with Gasteiger partial charge in [-0.15, -0.1) is 0 Å². The zero-order chi connectivity index (χ0) is 10.5. The fraction of sp³-hybridized carbons (Fsp3) is 1.00. The molecule has 0 spiro atoms. The minimum Gasteiger partial charge on any atom is -0.368 e. The Bertz CT molecular complexity index is 171. The molecule has 0 aromatic rings. The van der Waals surface area contributed by atoms with E-state index in [0.717, 1.165) is 31.8 Å². The van der Waals surface area contributed by atoms with Gasteiger partial charge in [0.2, 0.25) is 0 Å². The van der Waals surface area contributed by atoms with Crippen molar-refractivity contribution in [2.24, 2.45) is 11.8 Å². The average Bonchev–Trinajstić information content (AvgIpc) is 3.09. The summed E-state index contributed by atoms with van der Waals surface area (Å²) in [4.78, 5) is 0. The Hall–Kier alpha value is -0.0800. The lowest BCUT2D eigenvalue weighted by Gasteiger charge is -2.21. The maximum atomic E-state index is 9.50. The third kappa shape index (κ3) is 4.12. The highest BCUT2D eigenvalue weighted by atomic mass is 16.6. The molecule has 0 aromatic carbocycles. The van der Waals surface area contributed by atoms with Gasteiger partial charge in [-0.2, -0.15) is 0 Å². The van der Waals surface area contributed by atoms with Crippen LogP contribution in [-0.4, -0.2) is 18.0 Å². The van der Waals surface area contributed by atoms with Crippen LogP contribution < -0.4 is 0 Å². The van der Waals surface area contributed by atoms with Crippen molar-refractivity contribution in [1.29, 1.82) is 0 Å². The van der Waals surface area contributed by atoms with Crippen LogP contribution in [0.25, 0.3) is 0 Å². The minimum absolute atomic E-state index is 0.458. The molecule has 0 amide bonds. The fourth-order valence-electron chi connectivity index (χ4n) is 2.57. The summed E-state index contributed by atoms with van der Waals surface area (Å²) in [6, 6.07) is 0. The van der Waals surface area contributed by atoms with Crippen LogP contribution in [0.15, 0.2) is 0 Å². The zero-order valence-electron chi connectivity index (χ0n) is 9.66. The Morgan fingerprint density at radius 1 is 1.07 bits per heavy atom.